The number of hydrogen-bond donors (Lipinski definition) is 0. The molecule has 1 atom stereocenters. The van der Waals surface area contributed by atoms with E-state index in [2.05, 4.69) is 4.90 Å². The summed E-state index contributed by atoms with van der Waals surface area (Å²) < 4.78 is 5.36. The van der Waals surface area contributed by atoms with Crippen LogP contribution in [-0.2, 0) is 14.3 Å². The number of likely N-dealkylation sites (tertiary alicyclic amines) is 2. The van der Waals surface area contributed by atoms with Gasteiger partial charge in [0.25, 0.3) is 0 Å². The molecule has 0 bridgehead atoms. The lowest BCUT2D eigenvalue weighted by Crippen LogP contribution is -2.44. The quantitative estimate of drug-likeness (QED) is 0.755. The minimum Gasteiger partial charge on any atom is -0.383 e. The highest BCUT2D eigenvalue weighted by molar-refractivity contribution is 5.77. The minimum absolute atomic E-state index is 0.138. The Morgan fingerprint density at radius 1 is 1.27 bits per heavy atom. The average Bonchev–Trinajstić information content (AvgIpc) is 2.77. The highest BCUT2D eigenvalue weighted by atomic mass is 16.5. The van der Waals surface area contributed by atoms with Crippen LogP contribution in [0.15, 0.2) is 0 Å². The largest absolute Gasteiger partial charge is 0.383 e. The summed E-state index contributed by atoms with van der Waals surface area (Å²) >= 11 is 0. The summed E-state index contributed by atoms with van der Waals surface area (Å²) in [5, 5.41) is 0. The van der Waals surface area contributed by atoms with E-state index in [1.54, 1.807) is 33.0 Å². The summed E-state index contributed by atoms with van der Waals surface area (Å²) in [5.74, 6) is 0.306. The van der Waals surface area contributed by atoms with Gasteiger partial charge in [0.2, 0.25) is 11.8 Å². The highest BCUT2D eigenvalue weighted by Gasteiger charge is 2.46. The molecule has 6 heteroatoms. The molecule has 0 aliphatic carbocycles. The van der Waals surface area contributed by atoms with Crippen LogP contribution in [0.3, 0.4) is 0 Å². The third kappa shape index (κ3) is 3.79. The van der Waals surface area contributed by atoms with Crippen LogP contribution in [0.5, 0.6) is 0 Å². The normalized spacial score (nSPS) is 24.7. The average molecular weight is 311 g/mol. The number of piperidine rings is 1. The van der Waals surface area contributed by atoms with Crippen molar-refractivity contribution < 1.29 is 14.3 Å². The van der Waals surface area contributed by atoms with Gasteiger partial charge in [0.1, 0.15) is 0 Å². The van der Waals surface area contributed by atoms with Gasteiger partial charge in [0.05, 0.1) is 13.2 Å². The Hall–Kier alpha value is -1.14. The molecule has 0 aromatic carbocycles. The first kappa shape index (κ1) is 17.2. The monoisotopic (exact) mass is 311 g/mol. The van der Waals surface area contributed by atoms with Gasteiger partial charge in [-0.3, -0.25) is 14.5 Å². The van der Waals surface area contributed by atoms with Crippen LogP contribution >= 0.6 is 0 Å². The molecule has 0 N–H and O–H groups in total. The van der Waals surface area contributed by atoms with E-state index in [1.807, 2.05) is 4.90 Å². The Bertz CT molecular complexity index is 417. The van der Waals surface area contributed by atoms with Crippen molar-refractivity contribution >= 4 is 11.8 Å². The predicted molar refractivity (Wildman–Crippen MR) is 84.5 cm³/mol. The van der Waals surface area contributed by atoms with Crippen LogP contribution in [0.4, 0.5) is 0 Å². The zero-order valence-corrected chi connectivity index (χ0v) is 14.3. The van der Waals surface area contributed by atoms with Crippen molar-refractivity contribution in [1.82, 2.24) is 14.7 Å². The maximum Gasteiger partial charge on any atom is 0.236 e. The van der Waals surface area contributed by atoms with Crippen molar-refractivity contribution in [2.45, 2.75) is 32.2 Å². The second-order valence-electron chi connectivity index (χ2n) is 7.01. The van der Waals surface area contributed by atoms with Gasteiger partial charge in [-0.1, -0.05) is 0 Å². The molecule has 2 amide bonds. The number of carbonyl (C=O) groups excluding carboxylic acids is 2. The molecule has 1 spiro atoms. The highest BCUT2D eigenvalue weighted by Crippen LogP contribution is 2.43. The summed E-state index contributed by atoms with van der Waals surface area (Å²) in [6.45, 7) is 5.38. The van der Waals surface area contributed by atoms with E-state index in [1.165, 1.54) is 0 Å². The zero-order valence-electron chi connectivity index (χ0n) is 14.3. The van der Waals surface area contributed by atoms with Crippen LogP contribution in [-0.4, -0.2) is 86.5 Å². The third-order valence-electron chi connectivity index (χ3n) is 5.19. The van der Waals surface area contributed by atoms with E-state index in [-0.39, 0.29) is 17.2 Å². The molecule has 6 nitrogen and oxygen atoms in total. The van der Waals surface area contributed by atoms with Crippen molar-refractivity contribution in [1.29, 1.82) is 0 Å². The molecule has 0 unspecified atom stereocenters. The summed E-state index contributed by atoms with van der Waals surface area (Å²) in [6.07, 6.45) is 3.12. The van der Waals surface area contributed by atoms with E-state index in [0.29, 0.717) is 19.2 Å². The number of nitrogens with zero attached hydrogens (tertiary/aromatic N) is 3. The number of amides is 2. The number of methoxy groups -OCH3 is 1. The smallest absolute Gasteiger partial charge is 0.236 e. The Balaban J connectivity index is 2.01. The van der Waals surface area contributed by atoms with Gasteiger partial charge >= 0.3 is 0 Å². The van der Waals surface area contributed by atoms with Gasteiger partial charge in [-0.15, -0.1) is 0 Å². The van der Waals surface area contributed by atoms with Gasteiger partial charge in [0.15, 0.2) is 0 Å². The Morgan fingerprint density at radius 3 is 2.41 bits per heavy atom. The SMILES string of the molecule is COC[C@@H]1CC2(CCN(C(C)=O)CC2)CN1CC(=O)N(C)C. The van der Waals surface area contributed by atoms with Crippen molar-refractivity contribution in [3.63, 3.8) is 0 Å². The Morgan fingerprint density at radius 2 is 1.91 bits per heavy atom. The summed E-state index contributed by atoms with van der Waals surface area (Å²) in [5.41, 5.74) is 0.238. The van der Waals surface area contributed by atoms with Crippen molar-refractivity contribution in [3.05, 3.63) is 0 Å². The van der Waals surface area contributed by atoms with Gasteiger partial charge in [0, 0.05) is 53.8 Å². The van der Waals surface area contributed by atoms with Gasteiger partial charge in [-0.25, -0.2) is 0 Å². The van der Waals surface area contributed by atoms with Crippen LogP contribution < -0.4 is 0 Å². The number of carbonyl (C=O) groups is 2. The Labute approximate surface area is 133 Å². The summed E-state index contributed by atoms with van der Waals surface area (Å²) in [7, 11) is 5.31. The number of likely N-dealkylation sites (N-methyl/N-ethyl adjacent to an activating group) is 1. The number of hydrogen-bond acceptors (Lipinski definition) is 4. The molecule has 2 rings (SSSR count). The predicted octanol–water partition coefficient (Wildman–Crippen LogP) is 0.424. The molecule has 2 heterocycles. The number of rotatable bonds is 4. The molecule has 0 aromatic heterocycles. The molecular formula is C16H29N3O3. The van der Waals surface area contributed by atoms with Crippen LogP contribution in [0.2, 0.25) is 0 Å². The van der Waals surface area contributed by atoms with Crippen molar-refractivity contribution in [2.75, 3.05) is 54.0 Å². The molecule has 2 aliphatic rings. The fourth-order valence-corrected chi connectivity index (χ4v) is 3.77. The van der Waals surface area contributed by atoms with E-state index in [9.17, 15) is 9.59 Å². The van der Waals surface area contributed by atoms with Crippen LogP contribution in [0, 0.1) is 5.41 Å². The maximum absolute atomic E-state index is 12.1. The first-order valence-electron chi connectivity index (χ1n) is 8.05. The third-order valence-corrected chi connectivity index (χ3v) is 5.19. The Kier molecular flexibility index (Phi) is 5.45. The molecule has 0 aromatic rings. The zero-order chi connectivity index (χ0) is 16.3. The first-order valence-corrected chi connectivity index (χ1v) is 8.05. The van der Waals surface area contributed by atoms with E-state index < -0.39 is 0 Å². The summed E-state index contributed by atoms with van der Waals surface area (Å²) in [6, 6.07) is 0.303. The van der Waals surface area contributed by atoms with Gasteiger partial charge < -0.3 is 14.5 Å². The topological polar surface area (TPSA) is 53.1 Å². The first-order chi connectivity index (χ1) is 10.4. The molecule has 2 fully saturated rings. The summed E-state index contributed by atoms with van der Waals surface area (Å²) in [4.78, 5) is 29.4. The van der Waals surface area contributed by atoms with Crippen molar-refractivity contribution in [3.8, 4) is 0 Å². The van der Waals surface area contributed by atoms with E-state index in [0.717, 1.165) is 38.9 Å². The van der Waals surface area contributed by atoms with Gasteiger partial charge in [-0.05, 0) is 24.7 Å². The standard InChI is InChI=1S/C16H29N3O3/c1-13(20)18-7-5-16(6-8-18)9-14(11-22-4)19(12-16)10-15(21)17(2)3/h14H,5-12H2,1-4H3/t14-/m0/s1. The second-order valence-corrected chi connectivity index (χ2v) is 7.01. The minimum atomic E-state index is 0.138. The second kappa shape index (κ2) is 6.96. The molecule has 2 aliphatic heterocycles. The van der Waals surface area contributed by atoms with Gasteiger partial charge in [-0.2, -0.15) is 0 Å². The lowest BCUT2D eigenvalue weighted by molar-refractivity contribution is -0.131. The van der Waals surface area contributed by atoms with Crippen molar-refractivity contribution in [2.24, 2.45) is 5.41 Å². The molecule has 0 radical (unpaired) electrons. The molecule has 2 saturated heterocycles. The van der Waals surface area contributed by atoms with Crippen LogP contribution in [0.1, 0.15) is 26.2 Å². The van der Waals surface area contributed by atoms with E-state index >= 15 is 0 Å². The maximum atomic E-state index is 12.1. The molecule has 126 valence electrons. The lowest BCUT2D eigenvalue weighted by atomic mass is 9.76. The van der Waals surface area contributed by atoms with E-state index in [4.69, 9.17) is 4.74 Å². The fraction of sp³-hybridized carbons (Fsp3) is 0.875. The molecule has 0 saturated carbocycles. The lowest BCUT2D eigenvalue weighted by Gasteiger charge is -2.39. The molecular weight excluding hydrogens is 282 g/mol. The van der Waals surface area contributed by atoms with Crippen LogP contribution in [0.25, 0.3) is 0 Å². The molecule has 22 heavy (non-hydrogen) atoms. The number of ether oxygens (including phenoxy) is 1. The fourth-order valence-electron chi connectivity index (χ4n) is 3.77.